The molecule has 0 bridgehead atoms. The van der Waals surface area contributed by atoms with E-state index in [1.807, 2.05) is 0 Å². The second kappa shape index (κ2) is 4.65. The van der Waals surface area contributed by atoms with E-state index in [-0.39, 0.29) is 5.75 Å². The molecule has 0 aromatic heterocycles. The molecule has 0 aliphatic heterocycles. The highest BCUT2D eigenvalue weighted by molar-refractivity contribution is 7.85. The smallest absolute Gasteiger partial charge is 0.264 e. The third kappa shape index (κ3) is 7.87. The molecule has 0 aromatic rings. The Labute approximate surface area is 60.9 Å². The van der Waals surface area contributed by atoms with Crippen LogP contribution in [0.5, 0.6) is 0 Å². The summed E-state index contributed by atoms with van der Waals surface area (Å²) in [5.41, 5.74) is 0. The average Bonchev–Trinajstić information content (AvgIpc) is 1.78. The van der Waals surface area contributed by atoms with Crippen LogP contribution in [0.15, 0.2) is 0 Å². The van der Waals surface area contributed by atoms with Crippen LogP contribution in [0.2, 0.25) is 0 Å². The molecule has 0 unspecified atom stereocenters. The van der Waals surface area contributed by atoms with Gasteiger partial charge in [0.25, 0.3) is 10.1 Å². The minimum Gasteiger partial charge on any atom is -0.379 e. The van der Waals surface area contributed by atoms with E-state index >= 15 is 0 Å². The maximum atomic E-state index is 10.1. The van der Waals surface area contributed by atoms with Crippen molar-refractivity contribution < 1.29 is 17.7 Å². The summed E-state index contributed by atoms with van der Waals surface area (Å²) in [6, 6.07) is 0. The number of ether oxygens (including phenoxy) is 1. The Morgan fingerprint density at radius 1 is 1.40 bits per heavy atom. The molecule has 0 aromatic carbocycles. The molecule has 0 amide bonds. The van der Waals surface area contributed by atoms with Gasteiger partial charge in [-0.05, 0) is 12.8 Å². The second-order valence-electron chi connectivity index (χ2n) is 1.90. The van der Waals surface area contributed by atoms with Crippen molar-refractivity contribution in [1.82, 2.24) is 0 Å². The van der Waals surface area contributed by atoms with Crippen molar-refractivity contribution in [1.29, 1.82) is 0 Å². The Kier molecular flexibility index (Phi) is 4.59. The SMILES string of the molecule is [CH2]OCCCCS(=O)(=O)O. The van der Waals surface area contributed by atoms with E-state index in [9.17, 15) is 8.42 Å². The zero-order valence-corrected chi connectivity index (χ0v) is 6.43. The molecular formula is C5H11O4S. The molecule has 61 valence electrons. The highest BCUT2D eigenvalue weighted by atomic mass is 32.2. The van der Waals surface area contributed by atoms with Gasteiger partial charge in [-0.1, -0.05) is 0 Å². The van der Waals surface area contributed by atoms with E-state index in [1.54, 1.807) is 0 Å². The van der Waals surface area contributed by atoms with Crippen molar-refractivity contribution >= 4 is 10.1 Å². The molecule has 0 heterocycles. The Bertz CT molecular complexity index is 160. The number of unbranched alkanes of at least 4 members (excludes halogenated alkanes) is 1. The van der Waals surface area contributed by atoms with Gasteiger partial charge in [-0.25, -0.2) is 0 Å². The largest absolute Gasteiger partial charge is 0.379 e. The summed E-state index contributed by atoms with van der Waals surface area (Å²) >= 11 is 0. The highest BCUT2D eigenvalue weighted by Gasteiger charge is 2.01. The number of hydrogen-bond acceptors (Lipinski definition) is 3. The van der Waals surface area contributed by atoms with E-state index < -0.39 is 10.1 Å². The molecule has 10 heavy (non-hydrogen) atoms. The first kappa shape index (κ1) is 9.87. The average molecular weight is 167 g/mol. The Morgan fingerprint density at radius 3 is 2.40 bits per heavy atom. The predicted octanol–water partition coefficient (Wildman–Crippen LogP) is 0.463. The zero-order valence-electron chi connectivity index (χ0n) is 5.62. The van der Waals surface area contributed by atoms with Crippen molar-refractivity contribution in [3.63, 3.8) is 0 Å². The first-order valence-corrected chi connectivity index (χ1v) is 4.49. The molecule has 0 saturated heterocycles. The molecule has 0 aliphatic carbocycles. The van der Waals surface area contributed by atoms with Gasteiger partial charge in [0.05, 0.1) is 12.9 Å². The van der Waals surface area contributed by atoms with Gasteiger partial charge in [-0.3, -0.25) is 4.55 Å². The van der Waals surface area contributed by atoms with E-state index in [4.69, 9.17) is 4.55 Å². The van der Waals surface area contributed by atoms with Gasteiger partial charge in [-0.15, -0.1) is 0 Å². The van der Waals surface area contributed by atoms with Crippen LogP contribution in [0.25, 0.3) is 0 Å². The normalized spacial score (nSPS) is 11.8. The van der Waals surface area contributed by atoms with Crippen LogP contribution in [0.3, 0.4) is 0 Å². The maximum absolute atomic E-state index is 10.1. The Hall–Kier alpha value is -0.130. The van der Waals surface area contributed by atoms with Crippen LogP contribution in [-0.4, -0.2) is 25.3 Å². The van der Waals surface area contributed by atoms with Gasteiger partial charge in [-0.2, -0.15) is 8.42 Å². The van der Waals surface area contributed by atoms with Crippen molar-refractivity contribution in [3.05, 3.63) is 7.11 Å². The lowest BCUT2D eigenvalue weighted by atomic mass is 10.4. The molecule has 1 radical (unpaired) electrons. The van der Waals surface area contributed by atoms with Crippen molar-refractivity contribution in [2.75, 3.05) is 12.4 Å². The zero-order chi connectivity index (χ0) is 8.04. The lowest BCUT2D eigenvalue weighted by molar-refractivity contribution is 0.236. The Morgan fingerprint density at radius 2 is 2.00 bits per heavy atom. The van der Waals surface area contributed by atoms with E-state index in [2.05, 4.69) is 11.8 Å². The summed E-state index contributed by atoms with van der Waals surface area (Å²) in [5, 5.41) is 0. The first-order valence-electron chi connectivity index (χ1n) is 2.88. The van der Waals surface area contributed by atoms with Crippen LogP contribution in [-0.2, 0) is 14.9 Å². The fourth-order valence-electron chi connectivity index (χ4n) is 0.489. The van der Waals surface area contributed by atoms with Crippen LogP contribution >= 0.6 is 0 Å². The fourth-order valence-corrected chi connectivity index (χ4v) is 1.06. The van der Waals surface area contributed by atoms with Gasteiger partial charge < -0.3 is 4.74 Å². The minimum absolute atomic E-state index is 0.198. The van der Waals surface area contributed by atoms with Crippen LogP contribution in [0.1, 0.15) is 12.8 Å². The van der Waals surface area contributed by atoms with Crippen LogP contribution < -0.4 is 0 Å². The van der Waals surface area contributed by atoms with Crippen molar-refractivity contribution in [2.45, 2.75) is 12.8 Å². The third-order valence-electron chi connectivity index (χ3n) is 0.941. The minimum atomic E-state index is -3.78. The van der Waals surface area contributed by atoms with Crippen LogP contribution in [0, 0.1) is 7.11 Å². The molecule has 1 N–H and O–H groups in total. The quantitative estimate of drug-likeness (QED) is 0.477. The molecule has 0 aliphatic rings. The topological polar surface area (TPSA) is 63.6 Å². The van der Waals surface area contributed by atoms with E-state index in [0.29, 0.717) is 19.4 Å². The fraction of sp³-hybridized carbons (Fsp3) is 0.800. The third-order valence-corrected chi connectivity index (χ3v) is 1.75. The summed E-state index contributed by atoms with van der Waals surface area (Å²) in [5.74, 6) is -0.198. The lowest BCUT2D eigenvalue weighted by Crippen LogP contribution is -2.04. The summed E-state index contributed by atoms with van der Waals surface area (Å²) in [7, 11) is -0.673. The van der Waals surface area contributed by atoms with E-state index in [1.165, 1.54) is 0 Å². The lowest BCUT2D eigenvalue weighted by Gasteiger charge is -1.96. The van der Waals surface area contributed by atoms with Gasteiger partial charge >= 0.3 is 0 Å². The molecule has 0 saturated carbocycles. The summed E-state index contributed by atoms with van der Waals surface area (Å²) < 4.78 is 32.8. The summed E-state index contributed by atoms with van der Waals surface area (Å²) in [6.07, 6.45) is 1.01. The van der Waals surface area contributed by atoms with Gasteiger partial charge in [0, 0.05) is 6.61 Å². The monoisotopic (exact) mass is 167 g/mol. The second-order valence-corrected chi connectivity index (χ2v) is 3.47. The molecule has 0 atom stereocenters. The number of hydrogen-bond donors (Lipinski definition) is 1. The Balaban J connectivity index is 3.21. The maximum Gasteiger partial charge on any atom is 0.264 e. The molecule has 0 fully saturated rings. The number of rotatable bonds is 5. The van der Waals surface area contributed by atoms with Crippen LogP contribution in [0.4, 0.5) is 0 Å². The molecule has 0 spiro atoms. The first-order chi connectivity index (χ1) is 4.56. The summed E-state index contributed by atoms with van der Waals surface area (Å²) in [4.78, 5) is 0. The van der Waals surface area contributed by atoms with Crippen molar-refractivity contribution in [3.8, 4) is 0 Å². The molecule has 4 nitrogen and oxygen atoms in total. The summed E-state index contributed by atoms with van der Waals surface area (Å²) in [6.45, 7) is 0.426. The van der Waals surface area contributed by atoms with Gasteiger partial charge in [0.2, 0.25) is 0 Å². The van der Waals surface area contributed by atoms with Crippen molar-refractivity contribution in [2.24, 2.45) is 0 Å². The molecule has 5 heteroatoms. The molecule has 0 rings (SSSR count). The van der Waals surface area contributed by atoms with Gasteiger partial charge in [0.1, 0.15) is 0 Å². The standard InChI is InChI=1S/C5H11O4S/c1-9-4-2-3-5-10(6,7)8/h1-5H2,(H,6,7,8). The predicted molar refractivity (Wildman–Crippen MR) is 37.0 cm³/mol. The van der Waals surface area contributed by atoms with E-state index in [0.717, 1.165) is 0 Å². The van der Waals surface area contributed by atoms with Gasteiger partial charge in [0.15, 0.2) is 0 Å². The molecular weight excluding hydrogens is 156 g/mol. The highest BCUT2D eigenvalue weighted by Crippen LogP contribution is 1.93.